The van der Waals surface area contributed by atoms with Gasteiger partial charge in [0.1, 0.15) is 11.6 Å². The molecule has 104 valence electrons. The topological polar surface area (TPSA) is 66.8 Å². The van der Waals surface area contributed by atoms with Crippen LogP contribution in [0, 0.1) is 5.41 Å². The summed E-state index contributed by atoms with van der Waals surface area (Å²) in [6.45, 7) is 9.82. The molecule has 0 radical (unpaired) electrons. The number of nitrogens with zero attached hydrogens (tertiary/aromatic N) is 1. The van der Waals surface area contributed by atoms with Gasteiger partial charge in [-0.2, -0.15) is 0 Å². The Balaban J connectivity index is 2.85. The quantitative estimate of drug-likeness (QED) is 0.733. The van der Waals surface area contributed by atoms with Crippen LogP contribution < -0.4 is 0 Å². The monoisotopic (exact) mass is 257 g/mol. The minimum absolute atomic E-state index is 0.0342. The largest absolute Gasteiger partial charge is 0.465 e. The average Bonchev–Trinajstić information content (AvgIpc) is 2.12. The molecule has 1 saturated heterocycles. The Labute approximate surface area is 108 Å². The molecule has 1 N–H and O–H groups in total. The molecule has 0 aromatic carbocycles. The van der Waals surface area contributed by atoms with Gasteiger partial charge >= 0.3 is 12.1 Å². The maximum absolute atomic E-state index is 12.1. The lowest BCUT2D eigenvalue weighted by Crippen LogP contribution is -2.53. The van der Waals surface area contributed by atoms with E-state index in [0.29, 0.717) is 13.0 Å². The van der Waals surface area contributed by atoms with E-state index in [2.05, 4.69) is 0 Å². The molecule has 1 heterocycles. The van der Waals surface area contributed by atoms with Crippen molar-refractivity contribution in [2.75, 3.05) is 6.54 Å². The number of ether oxygens (including phenoxy) is 1. The molecule has 0 saturated carbocycles. The fourth-order valence-electron chi connectivity index (χ4n) is 2.12. The van der Waals surface area contributed by atoms with Crippen LogP contribution in [0.4, 0.5) is 4.79 Å². The lowest BCUT2D eigenvalue weighted by molar-refractivity contribution is -0.163. The molecule has 0 bridgehead atoms. The zero-order chi connectivity index (χ0) is 14.1. The first-order valence-corrected chi connectivity index (χ1v) is 6.24. The first-order chi connectivity index (χ1) is 8.02. The number of piperidine rings is 1. The van der Waals surface area contributed by atoms with Crippen molar-refractivity contribution in [3.63, 3.8) is 0 Å². The summed E-state index contributed by atoms with van der Waals surface area (Å²) in [5.74, 6) is -0.447. The van der Waals surface area contributed by atoms with Gasteiger partial charge in [-0.05, 0) is 39.0 Å². The Morgan fingerprint density at radius 1 is 1.33 bits per heavy atom. The maximum Gasteiger partial charge on any atom is 0.408 e. The molecule has 18 heavy (non-hydrogen) atoms. The van der Waals surface area contributed by atoms with Crippen LogP contribution in [-0.2, 0) is 9.53 Å². The number of carbonyl (C=O) groups is 2. The van der Waals surface area contributed by atoms with E-state index in [1.807, 2.05) is 13.8 Å². The van der Waals surface area contributed by atoms with E-state index in [0.717, 1.165) is 6.42 Å². The highest BCUT2D eigenvalue weighted by atomic mass is 16.6. The van der Waals surface area contributed by atoms with Gasteiger partial charge in [0, 0.05) is 6.54 Å². The van der Waals surface area contributed by atoms with Gasteiger partial charge in [-0.1, -0.05) is 13.8 Å². The van der Waals surface area contributed by atoms with Crippen LogP contribution in [0.2, 0.25) is 0 Å². The van der Waals surface area contributed by atoms with Crippen LogP contribution in [0.15, 0.2) is 0 Å². The predicted molar refractivity (Wildman–Crippen MR) is 67.4 cm³/mol. The Hall–Kier alpha value is -1.26. The standard InChI is InChI=1S/C13H23NO4/c1-12(2,3)18-10(15)9-8-13(4,5)6-7-14(9)11(16)17/h9H,6-8H2,1-5H3,(H,16,17)/t9-/m0/s1. The van der Waals surface area contributed by atoms with Crippen molar-refractivity contribution in [1.29, 1.82) is 0 Å². The van der Waals surface area contributed by atoms with Gasteiger partial charge in [0.2, 0.25) is 0 Å². The number of hydrogen-bond acceptors (Lipinski definition) is 3. The minimum Gasteiger partial charge on any atom is -0.465 e. The first kappa shape index (κ1) is 14.8. The van der Waals surface area contributed by atoms with E-state index in [9.17, 15) is 9.59 Å². The number of esters is 1. The third kappa shape index (κ3) is 3.89. The molecule has 1 fully saturated rings. The second-order valence-corrected chi connectivity index (χ2v) is 6.64. The van der Waals surface area contributed by atoms with Gasteiger partial charge in [-0.25, -0.2) is 9.59 Å². The minimum atomic E-state index is -1.05. The molecule has 0 aromatic heterocycles. The zero-order valence-corrected chi connectivity index (χ0v) is 11.8. The molecule has 5 nitrogen and oxygen atoms in total. The summed E-state index contributed by atoms with van der Waals surface area (Å²) in [4.78, 5) is 24.4. The highest BCUT2D eigenvalue weighted by Crippen LogP contribution is 2.34. The maximum atomic E-state index is 12.1. The summed E-state index contributed by atoms with van der Waals surface area (Å²) >= 11 is 0. The zero-order valence-electron chi connectivity index (χ0n) is 11.8. The molecule has 1 amide bonds. The molecule has 0 aromatic rings. The van der Waals surface area contributed by atoms with Gasteiger partial charge < -0.3 is 9.84 Å². The fourth-order valence-corrected chi connectivity index (χ4v) is 2.12. The normalized spacial score (nSPS) is 23.6. The van der Waals surface area contributed by atoms with Crippen LogP contribution >= 0.6 is 0 Å². The molecular formula is C13H23NO4. The number of carboxylic acid groups (broad SMARTS) is 1. The Morgan fingerprint density at radius 3 is 2.33 bits per heavy atom. The molecule has 0 unspecified atom stereocenters. The molecule has 0 spiro atoms. The highest BCUT2D eigenvalue weighted by molar-refractivity contribution is 5.81. The average molecular weight is 257 g/mol. The van der Waals surface area contributed by atoms with Gasteiger partial charge in [0.25, 0.3) is 0 Å². The van der Waals surface area contributed by atoms with Crippen molar-refractivity contribution in [2.45, 2.75) is 59.1 Å². The van der Waals surface area contributed by atoms with Crippen LogP contribution in [-0.4, -0.2) is 40.3 Å². The lowest BCUT2D eigenvalue weighted by Gasteiger charge is -2.41. The molecule has 1 aliphatic heterocycles. The summed E-state index contributed by atoms with van der Waals surface area (Å²) in [5.41, 5.74) is -0.629. The van der Waals surface area contributed by atoms with Gasteiger partial charge in [0.05, 0.1) is 0 Å². The third-order valence-electron chi connectivity index (χ3n) is 3.08. The molecule has 5 heteroatoms. The van der Waals surface area contributed by atoms with Crippen LogP contribution in [0.3, 0.4) is 0 Å². The van der Waals surface area contributed by atoms with Gasteiger partial charge in [-0.3, -0.25) is 4.90 Å². The SMILES string of the molecule is CC1(C)CCN(C(=O)O)[C@H](C(=O)OC(C)(C)C)C1. The van der Waals surface area contributed by atoms with E-state index in [1.165, 1.54) is 4.90 Å². The molecule has 1 rings (SSSR count). The number of hydrogen-bond donors (Lipinski definition) is 1. The van der Waals surface area contributed by atoms with Crippen molar-refractivity contribution in [1.82, 2.24) is 4.90 Å². The third-order valence-corrected chi connectivity index (χ3v) is 3.08. The number of rotatable bonds is 1. The predicted octanol–water partition coefficient (Wildman–Crippen LogP) is 2.50. The summed E-state index contributed by atoms with van der Waals surface area (Å²) in [7, 11) is 0. The number of likely N-dealkylation sites (tertiary alicyclic amines) is 1. The fraction of sp³-hybridized carbons (Fsp3) is 0.846. The Morgan fingerprint density at radius 2 is 1.89 bits per heavy atom. The van der Waals surface area contributed by atoms with Crippen molar-refractivity contribution in [3.05, 3.63) is 0 Å². The molecule has 1 aliphatic rings. The molecular weight excluding hydrogens is 234 g/mol. The van der Waals surface area contributed by atoms with Gasteiger partial charge in [0.15, 0.2) is 0 Å². The van der Waals surface area contributed by atoms with E-state index < -0.39 is 23.7 Å². The van der Waals surface area contributed by atoms with Crippen molar-refractivity contribution < 1.29 is 19.4 Å². The molecule has 1 atom stereocenters. The van der Waals surface area contributed by atoms with Crippen molar-refractivity contribution >= 4 is 12.1 Å². The Bertz CT molecular complexity index is 343. The lowest BCUT2D eigenvalue weighted by atomic mass is 9.79. The van der Waals surface area contributed by atoms with Crippen molar-refractivity contribution in [3.8, 4) is 0 Å². The Kier molecular flexibility index (Phi) is 3.93. The number of amides is 1. The summed E-state index contributed by atoms with van der Waals surface area (Å²) in [6, 6.07) is -0.689. The highest BCUT2D eigenvalue weighted by Gasteiger charge is 2.41. The second-order valence-electron chi connectivity index (χ2n) is 6.64. The van der Waals surface area contributed by atoms with Crippen molar-refractivity contribution in [2.24, 2.45) is 5.41 Å². The van der Waals surface area contributed by atoms with E-state index >= 15 is 0 Å². The smallest absolute Gasteiger partial charge is 0.408 e. The summed E-state index contributed by atoms with van der Waals surface area (Å²) < 4.78 is 5.31. The van der Waals surface area contributed by atoms with E-state index in [1.54, 1.807) is 20.8 Å². The van der Waals surface area contributed by atoms with E-state index in [4.69, 9.17) is 9.84 Å². The van der Waals surface area contributed by atoms with E-state index in [-0.39, 0.29) is 5.41 Å². The van der Waals surface area contributed by atoms with Gasteiger partial charge in [-0.15, -0.1) is 0 Å². The summed E-state index contributed by atoms with van der Waals surface area (Å²) in [6.07, 6.45) is 0.216. The number of carbonyl (C=O) groups excluding carboxylic acids is 1. The van der Waals surface area contributed by atoms with Crippen LogP contribution in [0.1, 0.15) is 47.5 Å². The second kappa shape index (κ2) is 4.78. The summed E-state index contributed by atoms with van der Waals surface area (Å²) in [5, 5.41) is 9.14. The molecule has 0 aliphatic carbocycles. The van der Waals surface area contributed by atoms with Crippen LogP contribution in [0.25, 0.3) is 0 Å². The van der Waals surface area contributed by atoms with Crippen LogP contribution in [0.5, 0.6) is 0 Å². The first-order valence-electron chi connectivity index (χ1n) is 6.24.